The van der Waals surface area contributed by atoms with Crippen molar-refractivity contribution in [1.29, 1.82) is 0 Å². The van der Waals surface area contributed by atoms with E-state index in [-0.39, 0.29) is 5.92 Å². The van der Waals surface area contributed by atoms with Gasteiger partial charge in [-0.1, -0.05) is 29.8 Å². The Morgan fingerprint density at radius 3 is 2.58 bits per heavy atom. The normalized spacial score (nSPS) is 12.9. The average molecular weight is 278 g/mol. The maximum Gasteiger partial charge on any atom is 0.0631 e. The maximum absolute atomic E-state index is 6.24. The fraction of sp³-hybridized carbons (Fsp3) is 0.400. The van der Waals surface area contributed by atoms with Crippen LogP contribution in [0.3, 0.4) is 0 Å². The number of rotatable bonds is 5. The van der Waals surface area contributed by atoms with Crippen molar-refractivity contribution < 1.29 is 0 Å². The molecule has 0 aliphatic heterocycles. The molecular weight excluding hydrogens is 258 g/mol. The first-order valence-electron chi connectivity index (χ1n) is 6.60. The number of benzene rings is 1. The Hall–Kier alpha value is -1.32. The van der Waals surface area contributed by atoms with Gasteiger partial charge in [0.25, 0.3) is 0 Å². The molecule has 0 fully saturated rings. The standard InChI is InChI=1S/C15H20ClN3/c1-11(2)19-8-7-13(18-19)9-12(10-17)14-5-3-4-6-15(14)16/h3-8,11-12H,9-10,17H2,1-2H3. The SMILES string of the molecule is CC(C)n1ccc(CC(CN)c2ccccc2Cl)n1. The number of hydrogen-bond acceptors (Lipinski definition) is 2. The van der Waals surface area contributed by atoms with Crippen LogP contribution in [0.25, 0.3) is 0 Å². The van der Waals surface area contributed by atoms with Crippen molar-refractivity contribution in [2.45, 2.75) is 32.2 Å². The number of hydrogen-bond donors (Lipinski definition) is 1. The fourth-order valence-corrected chi connectivity index (χ4v) is 2.44. The van der Waals surface area contributed by atoms with E-state index in [1.54, 1.807) is 0 Å². The Morgan fingerprint density at radius 2 is 2.00 bits per heavy atom. The Labute approximate surface area is 119 Å². The molecule has 0 radical (unpaired) electrons. The summed E-state index contributed by atoms with van der Waals surface area (Å²) in [5.74, 6) is 0.212. The van der Waals surface area contributed by atoms with E-state index in [4.69, 9.17) is 17.3 Å². The van der Waals surface area contributed by atoms with Gasteiger partial charge in [0.05, 0.1) is 5.69 Å². The van der Waals surface area contributed by atoms with Gasteiger partial charge in [-0.15, -0.1) is 0 Å². The highest BCUT2D eigenvalue weighted by Crippen LogP contribution is 2.26. The molecule has 0 bridgehead atoms. The molecule has 3 nitrogen and oxygen atoms in total. The van der Waals surface area contributed by atoms with Gasteiger partial charge in [0.2, 0.25) is 0 Å². The topological polar surface area (TPSA) is 43.8 Å². The highest BCUT2D eigenvalue weighted by Gasteiger charge is 2.15. The van der Waals surface area contributed by atoms with Crippen LogP contribution in [0.1, 0.15) is 37.1 Å². The molecule has 0 saturated heterocycles. The lowest BCUT2D eigenvalue weighted by Crippen LogP contribution is -2.16. The minimum Gasteiger partial charge on any atom is -0.330 e. The van der Waals surface area contributed by atoms with E-state index in [0.29, 0.717) is 12.6 Å². The summed E-state index contributed by atoms with van der Waals surface area (Å²) in [4.78, 5) is 0. The monoisotopic (exact) mass is 277 g/mol. The van der Waals surface area contributed by atoms with E-state index in [2.05, 4.69) is 25.0 Å². The van der Waals surface area contributed by atoms with Crippen LogP contribution >= 0.6 is 11.6 Å². The summed E-state index contributed by atoms with van der Waals surface area (Å²) >= 11 is 6.24. The minimum atomic E-state index is 0.212. The van der Waals surface area contributed by atoms with Crippen molar-refractivity contribution in [3.8, 4) is 0 Å². The Kier molecular flexibility index (Phi) is 4.61. The summed E-state index contributed by atoms with van der Waals surface area (Å²) in [6.07, 6.45) is 2.83. The molecule has 102 valence electrons. The van der Waals surface area contributed by atoms with Crippen LogP contribution in [-0.2, 0) is 6.42 Å². The molecule has 0 aliphatic rings. The lowest BCUT2D eigenvalue weighted by Gasteiger charge is -2.15. The Bertz CT molecular complexity index is 534. The van der Waals surface area contributed by atoms with Gasteiger partial charge >= 0.3 is 0 Å². The van der Waals surface area contributed by atoms with Crippen LogP contribution in [-0.4, -0.2) is 16.3 Å². The van der Waals surface area contributed by atoms with Gasteiger partial charge in [-0.2, -0.15) is 5.10 Å². The van der Waals surface area contributed by atoms with E-state index in [9.17, 15) is 0 Å². The maximum atomic E-state index is 6.24. The third-order valence-corrected chi connectivity index (χ3v) is 3.62. The van der Waals surface area contributed by atoms with Crippen molar-refractivity contribution in [3.05, 3.63) is 52.8 Å². The lowest BCUT2D eigenvalue weighted by atomic mass is 9.94. The molecule has 1 aromatic carbocycles. The molecule has 1 heterocycles. The van der Waals surface area contributed by atoms with Crippen LogP contribution in [0.4, 0.5) is 0 Å². The predicted octanol–water partition coefficient (Wildman–Crippen LogP) is 3.40. The first-order valence-corrected chi connectivity index (χ1v) is 6.98. The molecule has 4 heteroatoms. The van der Waals surface area contributed by atoms with E-state index in [0.717, 1.165) is 22.7 Å². The van der Waals surface area contributed by atoms with Gasteiger partial charge in [0.1, 0.15) is 0 Å². The van der Waals surface area contributed by atoms with Crippen LogP contribution < -0.4 is 5.73 Å². The molecule has 2 rings (SSSR count). The first kappa shape index (κ1) is 14.1. The lowest BCUT2D eigenvalue weighted by molar-refractivity contribution is 0.522. The fourth-order valence-electron chi connectivity index (χ4n) is 2.15. The molecular formula is C15H20ClN3. The van der Waals surface area contributed by atoms with E-state index >= 15 is 0 Å². The largest absolute Gasteiger partial charge is 0.330 e. The molecule has 1 unspecified atom stereocenters. The van der Waals surface area contributed by atoms with Crippen molar-refractivity contribution >= 4 is 11.6 Å². The summed E-state index contributed by atoms with van der Waals surface area (Å²) < 4.78 is 1.97. The number of nitrogens with two attached hydrogens (primary N) is 1. The highest BCUT2D eigenvalue weighted by molar-refractivity contribution is 6.31. The molecule has 2 N–H and O–H groups in total. The van der Waals surface area contributed by atoms with Crippen molar-refractivity contribution in [1.82, 2.24) is 9.78 Å². The van der Waals surface area contributed by atoms with E-state index in [1.165, 1.54) is 0 Å². The predicted molar refractivity (Wildman–Crippen MR) is 79.6 cm³/mol. The number of halogens is 1. The molecule has 0 saturated carbocycles. The molecule has 0 spiro atoms. The zero-order chi connectivity index (χ0) is 13.8. The zero-order valence-electron chi connectivity index (χ0n) is 11.4. The zero-order valence-corrected chi connectivity index (χ0v) is 12.1. The smallest absolute Gasteiger partial charge is 0.0631 e. The van der Waals surface area contributed by atoms with Crippen molar-refractivity contribution in [2.75, 3.05) is 6.54 Å². The quantitative estimate of drug-likeness (QED) is 0.910. The molecule has 1 aromatic heterocycles. The third kappa shape index (κ3) is 3.37. The second kappa shape index (κ2) is 6.22. The van der Waals surface area contributed by atoms with Gasteiger partial charge in [0.15, 0.2) is 0 Å². The first-order chi connectivity index (χ1) is 9.11. The van der Waals surface area contributed by atoms with Crippen LogP contribution in [0, 0.1) is 0 Å². The minimum absolute atomic E-state index is 0.212. The second-order valence-corrected chi connectivity index (χ2v) is 5.45. The summed E-state index contributed by atoms with van der Waals surface area (Å²) in [6, 6.07) is 10.3. The molecule has 1 atom stereocenters. The number of nitrogens with zero attached hydrogens (tertiary/aromatic N) is 2. The van der Waals surface area contributed by atoms with Crippen molar-refractivity contribution in [2.24, 2.45) is 5.73 Å². The van der Waals surface area contributed by atoms with Crippen LogP contribution in [0.5, 0.6) is 0 Å². The Balaban J connectivity index is 2.17. The summed E-state index contributed by atoms with van der Waals surface area (Å²) in [5, 5.41) is 5.35. The molecule has 0 amide bonds. The summed E-state index contributed by atoms with van der Waals surface area (Å²) in [5.41, 5.74) is 8.06. The van der Waals surface area contributed by atoms with E-state index < -0.39 is 0 Å². The average Bonchev–Trinajstić information content (AvgIpc) is 2.86. The van der Waals surface area contributed by atoms with Gasteiger partial charge in [-0.3, -0.25) is 4.68 Å². The molecule has 19 heavy (non-hydrogen) atoms. The van der Waals surface area contributed by atoms with Gasteiger partial charge < -0.3 is 5.73 Å². The van der Waals surface area contributed by atoms with Gasteiger partial charge in [0, 0.05) is 23.2 Å². The molecule has 0 aliphatic carbocycles. The van der Waals surface area contributed by atoms with Crippen LogP contribution in [0.2, 0.25) is 5.02 Å². The Morgan fingerprint density at radius 1 is 1.26 bits per heavy atom. The third-order valence-electron chi connectivity index (χ3n) is 3.28. The van der Waals surface area contributed by atoms with Gasteiger partial charge in [-0.25, -0.2) is 0 Å². The molecule has 2 aromatic rings. The summed E-state index contributed by atoms with van der Waals surface area (Å²) in [6.45, 7) is 4.80. The van der Waals surface area contributed by atoms with Crippen molar-refractivity contribution in [3.63, 3.8) is 0 Å². The highest BCUT2D eigenvalue weighted by atomic mass is 35.5. The number of aromatic nitrogens is 2. The summed E-state index contributed by atoms with van der Waals surface area (Å²) in [7, 11) is 0. The van der Waals surface area contributed by atoms with Crippen LogP contribution in [0.15, 0.2) is 36.5 Å². The van der Waals surface area contributed by atoms with Gasteiger partial charge in [-0.05, 0) is 44.5 Å². The van der Waals surface area contributed by atoms with E-state index in [1.807, 2.05) is 35.1 Å². The second-order valence-electron chi connectivity index (χ2n) is 5.04.